The first-order valence-electron chi connectivity index (χ1n) is 12.9. The molecule has 4 atom stereocenters. The normalized spacial score (nSPS) is 36.2. The van der Waals surface area contributed by atoms with Crippen molar-refractivity contribution in [2.45, 2.75) is 88.1 Å². The number of nitrogens with zero attached hydrogens (tertiary/aromatic N) is 2. The summed E-state index contributed by atoms with van der Waals surface area (Å²) in [6.45, 7) is 3.87. The fourth-order valence-electron chi connectivity index (χ4n) is 6.95. The third kappa shape index (κ3) is 3.86. The van der Waals surface area contributed by atoms with Gasteiger partial charge in [0.15, 0.2) is 0 Å². The van der Waals surface area contributed by atoms with Gasteiger partial charge in [0, 0.05) is 33.3 Å². The lowest BCUT2D eigenvalue weighted by molar-refractivity contribution is -0.212. The summed E-state index contributed by atoms with van der Waals surface area (Å²) in [6.07, 6.45) is 1.16. The third-order valence-corrected chi connectivity index (χ3v) is 8.53. The highest BCUT2D eigenvalue weighted by atomic mass is 19.3. The Morgan fingerprint density at radius 3 is 2.60 bits per heavy atom. The predicted molar refractivity (Wildman–Crippen MR) is 127 cm³/mol. The monoisotopic (exact) mass is 493 g/mol. The zero-order chi connectivity index (χ0) is 24.8. The molecule has 1 unspecified atom stereocenters. The van der Waals surface area contributed by atoms with Crippen LogP contribution < -0.4 is 5.32 Å². The Morgan fingerprint density at radius 1 is 1.20 bits per heavy atom. The fourth-order valence-corrected chi connectivity index (χ4v) is 6.95. The van der Waals surface area contributed by atoms with Gasteiger partial charge in [-0.2, -0.15) is 0 Å². The molecule has 1 aliphatic carbocycles. The molecule has 7 nitrogen and oxygen atoms in total. The minimum absolute atomic E-state index is 0. The van der Waals surface area contributed by atoms with E-state index in [2.05, 4.69) is 17.4 Å². The first-order valence-corrected chi connectivity index (χ1v) is 12.9. The zero-order valence-electron chi connectivity index (χ0n) is 20.4. The second kappa shape index (κ2) is 9.22. The summed E-state index contributed by atoms with van der Waals surface area (Å²) < 4.78 is 43.3. The minimum atomic E-state index is -3.16. The molecule has 1 spiro atoms. The third-order valence-electron chi connectivity index (χ3n) is 8.53. The summed E-state index contributed by atoms with van der Waals surface area (Å²) in [5.74, 6) is -3.19. The van der Waals surface area contributed by atoms with E-state index in [0.717, 1.165) is 25.7 Å². The number of hydrogen-bond donors (Lipinski definition) is 1. The predicted octanol–water partition coefficient (Wildman–Crippen LogP) is 4.97. The summed E-state index contributed by atoms with van der Waals surface area (Å²) >= 11 is 0. The molecule has 3 saturated heterocycles. The van der Waals surface area contributed by atoms with E-state index >= 15 is 8.78 Å². The quantitative estimate of drug-likeness (QED) is 0.643. The number of ether oxygens (including phenoxy) is 2. The van der Waals surface area contributed by atoms with E-state index in [4.69, 9.17) is 9.47 Å². The molecular formula is C26H37F2N3O4. The molecule has 0 radical (unpaired) electrons. The van der Waals surface area contributed by atoms with Crippen LogP contribution in [0.3, 0.4) is 0 Å². The number of urea groups is 1. The molecule has 9 heteroatoms. The highest BCUT2D eigenvalue weighted by Crippen LogP contribution is 2.57. The molecule has 0 bridgehead atoms. The van der Waals surface area contributed by atoms with Crippen LogP contribution in [0.4, 0.5) is 18.4 Å². The maximum Gasteiger partial charge on any atom is 0.412 e. The van der Waals surface area contributed by atoms with Crippen molar-refractivity contribution >= 4 is 12.1 Å². The molecule has 4 aliphatic rings. The van der Waals surface area contributed by atoms with Gasteiger partial charge in [0.25, 0.3) is 5.92 Å². The van der Waals surface area contributed by atoms with Crippen molar-refractivity contribution in [2.75, 3.05) is 19.7 Å². The van der Waals surface area contributed by atoms with Crippen LogP contribution in [0.15, 0.2) is 30.3 Å². The molecule has 35 heavy (non-hydrogen) atoms. The van der Waals surface area contributed by atoms with Crippen LogP contribution in [0.2, 0.25) is 0 Å². The highest BCUT2D eigenvalue weighted by Gasteiger charge is 2.75. The van der Waals surface area contributed by atoms with Crippen LogP contribution in [0, 0.1) is 5.92 Å². The Balaban J connectivity index is 0.00000304. The number of halogens is 2. The molecule has 0 aromatic heterocycles. The van der Waals surface area contributed by atoms with Gasteiger partial charge in [-0.3, -0.25) is 4.90 Å². The molecule has 1 aromatic carbocycles. The summed E-state index contributed by atoms with van der Waals surface area (Å²) in [4.78, 5) is 28.6. The first-order chi connectivity index (χ1) is 16.8. The number of amides is 3. The Hall–Kier alpha value is -2.42. The summed E-state index contributed by atoms with van der Waals surface area (Å²) in [5, 5.41) is 2.76. The zero-order valence-corrected chi connectivity index (χ0v) is 20.4. The van der Waals surface area contributed by atoms with Crippen LogP contribution >= 0.6 is 0 Å². The lowest BCUT2D eigenvalue weighted by Crippen LogP contribution is -2.74. The lowest BCUT2D eigenvalue weighted by atomic mass is 9.73. The molecule has 1 aromatic rings. The molecule has 5 rings (SSSR count). The number of benzene rings is 1. The fraction of sp³-hybridized carbons (Fsp3) is 0.692. The first kappa shape index (κ1) is 24.3. The van der Waals surface area contributed by atoms with E-state index in [1.54, 1.807) is 6.92 Å². The maximum absolute atomic E-state index is 15.8. The molecule has 1 N–H and O–H groups in total. The van der Waals surface area contributed by atoms with Gasteiger partial charge in [0.05, 0.1) is 18.8 Å². The molecule has 3 heterocycles. The minimum Gasteiger partial charge on any atom is -0.449 e. The summed E-state index contributed by atoms with van der Waals surface area (Å²) in [5.41, 5.74) is -0.515. The topological polar surface area (TPSA) is 71.1 Å². The smallest absolute Gasteiger partial charge is 0.412 e. The van der Waals surface area contributed by atoms with E-state index < -0.39 is 42.2 Å². The SMILES string of the molecule is CCNC(=O)N1CCC(F)(F)[C@]23CCOC(=O)N2C(OC2CCC(c4ccccc4)CC2)[C@@H](C)[C@H]13.[HH]. The van der Waals surface area contributed by atoms with Gasteiger partial charge in [-0.1, -0.05) is 37.3 Å². The van der Waals surface area contributed by atoms with Gasteiger partial charge < -0.3 is 19.7 Å². The number of likely N-dealkylation sites (tertiary alicyclic amines) is 1. The van der Waals surface area contributed by atoms with Gasteiger partial charge in [0.1, 0.15) is 11.8 Å². The number of cyclic esters (lactones) is 1. The van der Waals surface area contributed by atoms with Crippen LogP contribution in [0.25, 0.3) is 0 Å². The Labute approximate surface area is 206 Å². The number of carbonyl (C=O) groups is 2. The number of rotatable bonds is 4. The largest absolute Gasteiger partial charge is 0.449 e. The number of piperidine rings is 1. The van der Waals surface area contributed by atoms with Gasteiger partial charge >= 0.3 is 12.1 Å². The molecule has 3 aliphatic heterocycles. The number of nitrogens with one attached hydrogen (secondary N) is 1. The molecule has 3 amide bonds. The Kier molecular flexibility index (Phi) is 6.40. The number of alkyl halides is 2. The van der Waals surface area contributed by atoms with E-state index in [1.807, 2.05) is 25.1 Å². The Morgan fingerprint density at radius 2 is 1.91 bits per heavy atom. The molecule has 4 fully saturated rings. The number of carbonyl (C=O) groups excluding carboxylic acids is 2. The standard InChI is InChI=1S/C26H35F2N3O4.H2/c1-3-29-23(32)30-15-13-26(27,28)25-14-16-34-24(33)31(25)22(17(2)21(25)30)35-20-11-9-19(10-12-20)18-7-5-4-6-8-18;/h4-8,17,19-22H,3,9-16H2,1-2H3,(H,29,32);1H/t17-,19?,20?,21-,22?,25+;/m0./s1. The van der Waals surface area contributed by atoms with E-state index in [9.17, 15) is 9.59 Å². The Bertz CT molecular complexity index is 946. The van der Waals surface area contributed by atoms with Crippen molar-refractivity contribution in [3.05, 3.63) is 35.9 Å². The van der Waals surface area contributed by atoms with Crippen molar-refractivity contribution in [3.63, 3.8) is 0 Å². The van der Waals surface area contributed by atoms with Gasteiger partial charge in [-0.15, -0.1) is 0 Å². The van der Waals surface area contributed by atoms with Gasteiger partial charge in [-0.25, -0.2) is 18.4 Å². The van der Waals surface area contributed by atoms with Crippen molar-refractivity contribution < 1.29 is 29.3 Å². The van der Waals surface area contributed by atoms with Crippen molar-refractivity contribution in [1.82, 2.24) is 15.1 Å². The molecule has 1 saturated carbocycles. The molecule has 194 valence electrons. The second-order valence-corrected chi connectivity index (χ2v) is 10.4. The van der Waals surface area contributed by atoms with Crippen LogP contribution in [0.5, 0.6) is 0 Å². The van der Waals surface area contributed by atoms with E-state index in [1.165, 1.54) is 15.4 Å². The summed E-state index contributed by atoms with van der Waals surface area (Å²) in [6, 6.07) is 9.15. The van der Waals surface area contributed by atoms with Crippen LogP contribution in [0.1, 0.15) is 65.3 Å². The summed E-state index contributed by atoms with van der Waals surface area (Å²) in [7, 11) is 0. The van der Waals surface area contributed by atoms with Crippen molar-refractivity contribution in [2.24, 2.45) is 5.92 Å². The second-order valence-electron chi connectivity index (χ2n) is 10.4. The van der Waals surface area contributed by atoms with E-state index in [0.29, 0.717) is 12.5 Å². The lowest BCUT2D eigenvalue weighted by Gasteiger charge is -2.55. The van der Waals surface area contributed by atoms with Gasteiger partial charge in [0.2, 0.25) is 0 Å². The van der Waals surface area contributed by atoms with Gasteiger partial charge in [-0.05, 0) is 44.1 Å². The average Bonchev–Trinajstić information content (AvgIpc) is 3.11. The number of hydrogen-bond acceptors (Lipinski definition) is 4. The maximum atomic E-state index is 15.8. The molecular weight excluding hydrogens is 456 g/mol. The highest BCUT2D eigenvalue weighted by molar-refractivity contribution is 5.77. The average molecular weight is 494 g/mol. The van der Waals surface area contributed by atoms with E-state index in [-0.39, 0.29) is 33.1 Å². The van der Waals surface area contributed by atoms with Crippen LogP contribution in [-0.4, -0.2) is 71.5 Å². The van der Waals surface area contributed by atoms with Crippen molar-refractivity contribution in [1.29, 1.82) is 0 Å². The van der Waals surface area contributed by atoms with Crippen molar-refractivity contribution in [3.8, 4) is 0 Å². The van der Waals surface area contributed by atoms with Crippen LogP contribution in [-0.2, 0) is 9.47 Å².